The van der Waals surface area contributed by atoms with Crippen LogP contribution in [0.25, 0.3) is 0 Å². The van der Waals surface area contributed by atoms with Crippen LogP contribution in [-0.2, 0) is 14.4 Å². The van der Waals surface area contributed by atoms with Crippen molar-refractivity contribution in [2.45, 2.75) is 20.3 Å². The zero-order valence-corrected chi connectivity index (χ0v) is 13.8. The maximum atomic E-state index is 12.6. The highest BCUT2D eigenvalue weighted by atomic mass is 16.2. The topological polar surface area (TPSA) is 69.7 Å². The van der Waals surface area contributed by atoms with Crippen molar-refractivity contribution >= 4 is 23.4 Å². The zero-order chi connectivity index (χ0) is 17.0. The van der Waals surface area contributed by atoms with Crippen LogP contribution in [-0.4, -0.2) is 49.3 Å². The average molecular weight is 317 g/mol. The van der Waals surface area contributed by atoms with Crippen molar-refractivity contribution < 1.29 is 14.4 Å². The second-order valence-corrected chi connectivity index (χ2v) is 5.77. The van der Waals surface area contributed by atoms with E-state index in [2.05, 4.69) is 5.32 Å². The molecule has 3 amide bonds. The number of nitrogens with one attached hydrogen (secondary N) is 1. The van der Waals surface area contributed by atoms with Crippen molar-refractivity contribution in [2.24, 2.45) is 5.92 Å². The summed E-state index contributed by atoms with van der Waals surface area (Å²) in [6.07, 6.45) is 0.191. The quantitative estimate of drug-likeness (QED) is 0.879. The normalized spacial score (nSPS) is 17.3. The Morgan fingerprint density at radius 1 is 1.30 bits per heavy atom. The van der Waals surface area contributed by atoms with Gasteiger partial charge < -0.3 is 15.1 Å². The maximum absolute atomic E-state index is 12.6. The summed E-state index contributed by atoms with van der Waals surface area (Å²) in [4.78, 5) is 39.5. The molecule has 0 aromatic heterocycles. The second kappa shape index (κ2) is 7.26. The molecule has 6 nitrogen and oxygen atoms in total. The number of anilines is 1. The van der Waals surface area contributed by atoms with E-state index in [1.165, 1.54) is 4.90 Å². The number of carbonyl (C=O) groups is 3. The Labute approximate surface area is 136 Å². The van der Waals surface area contributed by atoms with Gasteiger partial charge in [-0.05, 0) is 26.0 Å². The first-order chi connectivity index (χ1) is 11.0. The van der Waals surface area contributed by atoms with Gasteiger partial charge in [0.2, 0.25) is 17.7 Å². The van der Waals surface area contributed by atoms with Gasteiger partial charge in [-0.2, -0.15) is 0 Å². The first kappa shape index (κ1) is 17.0. The molecule has 0 aliphatic carbocycles. The van der Waals surface area contributed by atoms with Gasteiger partial charge in [-0.1, -0.05) is 17.7 Å². The van der Waals surface area contributed by atoms with Gasteiger partial charge in [-0.15, -0.1) is 0 Å². The van der Waals surface area contributed by atoms with E-state index in [1.807, 2.05) is 38.1 Å². The van der Waals surface area contributed by atoms with Crippen LogP contribution in [0.2, 0.25) is 0 Å². The number of carbonyl (C=O) groups excluding carboxylic acids is 3. The number of amides is 3. The highest BCUT2D eigenvalue weighted by Crippen LogP contribution is 2.26. The Morgan fingerprint density at radius 3 is 2.52 bits per heavy atom. The molecule has 6 heteroatoms. The standard InChI is InChI=1S/C17H23N3O3/c1-4-19(11-15(21)18-3)17(23)13-9-16(22)20(10-13)14-7-5-12(2)6-8-14/h5-8,13H,4,9-11H2,1-3H3,(H,18,21)/t13-/m1/s1. The molecule has 23 heavy (non-hydrogen) atoms. The number of aryl methyl sites for hydroxylation is 1. The third kappa shape index (κ3) is 3.88. The molecule has 1 aliphatic rings. The van der Waals surface area contributed by atoms with Crippen LogP contribution in [0, 0.1) is 12.8 Å². The largest absolute Gasteiger partial charge is 0.358 e. The minimum atomic E-state index is -0.395. The maximum Gasteiger partial charge on any atom is 0.239 e. The van der Waals surface area contributed by atoms with E-state index < -0.39 is 5.92 Å². The average Bonchev–Trinajstić information content (AvgIpc) is 2.94. The summed E-state index contributed by atoms with van der Waals surface area (Å²) in [5.41, 5.74) is 1.93. The molecule has 1 fully saturated rings. The van der Waals surface area contributed by atoms with Crippen LogP contribution < -0.4 is 10.2 Å². The van der Waals surface area contributed by atoms with Crippen LogP contribution in [0.5, 0.6) is 0 Å². The van der Waals surface area contributed by atoms with Gasteiger partial charge in [0, 0.05) is 32.2 Å². The van der Waals surface area contributed by atoms with Gasteiger partial charge in [0.15, 0.2) is 0 Å². The van der Waals surface area contributed by atoms with Crippen molar-refractivity contribution in [1.82, 2.24) is 10.2 Å². The van der Waals surface area contributed by atoms with Crippen molar-refractivity contribution in [3.8, 4) is 0 Å². The van der Waals surface area contributed by atoms with E-state index in [-0.39, 0.29) is 30.7 Å². The lowest BCUT2D eigenvalue weighted by atomic mass is 10.1. The van der Waals surface area contributed by atoms with Gasteiger partial charge >= 0.3 is 0 Å². The number of hydrogen-bond acceptors (Lipinski definition) is 3. The molecule has 0 bridgehead atoms. The molecule has 1 heterocycles. The third-order valence-corrected chi connectivity index (χ3v) is 4.13. The Kier molecular flexibility index (Phi) is 5.36. The molecular formula is C17H23N3O3. The molecule has 0 spiro atoms. The van der Waals surface area contributed by atoms with Gasteiger partial charge in [-0.25, -0.2) is 0 Å². The van der Waals surface area contributed by atoms with Crippen molar-refractivity contribution in [2.75, 3.05) is 31.6 Å². The summed E-state index contributed by atoms with van der Waals surface area (Å²) in [7, 11) is 1.54. The molecule has 0 saturated carbocycles. The zero-order valence-electron chi connectivity index (χ0n) is 13.8. The van der Waals surface area contributed by atoms with Gasteiger partial charge in [0.05, 0.1) is 12.5 Å². The fourth-order valence-electron chi connectivity index (χ4n) is 2.70. The summed E-state index contributed by atoms with van der Waals surface area (Å²) < 4.78 is 0. The van der Waals surface area contributed by atoms with E-state index in [0.29, 0.717) is 13.1 Å². The van der Waals surface area contributed by atoms with E-state index in [4.69, 9.17) is 0 Å². The summed E-state index contributed by atoms with van der Waals surface area (Å²) in [6, 6.07) is 7.67. The Hall–Kier alpha value is -2.37. The minimum Gasteiger partial charge on any atom is -0.358 e. The molecule has 0 unspecified atom stereocenters. The summed E-state index contributed by atoms with van der Waals surface area (Å²) in [5.74, 6) is -0.796. The molecule has 1 aliphatic heterocycles. The molecular weight excluding hydrogens is 294 g/mol. The van der Waals surface area contributed by atoms with Crippen LogP contribution in [0.15, 0.2) is 24.3 Å². The molecule has 1 N–H and O–H groups in total. The fraction of sp³-hybridized carbons (Fsp3) is 0.471. The van der Waals surface area contributed by atoms with Gasteiger partial charge in [-0.3, -0.25) is 14.4 Å². The van der Waals surface area contributed by atoms with E-state index in [1.54, 1.807) is 11.9 Å². The number of hydrogen-bond donors (Lipinski definition) is 1. The number of rotatable bonds is 5. The molecule has 2 rings (SSSR count). The molecule has 1 atom stereocenters. The smallest absolute Gasteiger partial charge is 0.239 e. The summed E-state index contributed by atoms with van der Waals surface area (Å²) in [5, 5.41) is 2.51. The second-order valence-electron chi connectivity index (χ2n) is 5.77. The molecule has 1 aromatic carbocycles. The monoisotopic (exact) mass is 317 g/mol. The SMILES string of the molecule is CCN(CC(=O)NC)C(=O)[C@@H]1CC(=O)N(c2ccc(C)cc2)C1. The Bertz CT molecular complexity index is 598. The third-order valence-electron chi connectivity index (χ3n) is 4.13. The lowest BCUT2D eigenvalue weighted by molar-refractivity contribution is -0.139. The van der Waals surface area contributed by atoms with Gasteiger partial charge in [0.1, 0.15) is 0 Å². The van der Waals surface area contributed by atoms with E-state index in [0.717, 1.165) is 11.3 Å². The highest BCUT2D eigenvalue weighted by molar-refractivity contribution is 6.00. The molecule has 124 valence electrons. The van der Waals surface area contributed by atoms with Crippen molar-refractivity contribution in [3.63, 3.8) is 0 Å². The summed E-state index contributed by atoms with van der Waals surface area (Å²) in [6.45, 7) is 4.66. The molecule has 0 radical (unpaired) electrons. The predicted molar refractivity (Wildman–Crippen MR) is 88.0 cm³/mol. The molecule has 1 aromatic rings. The number of likely N-dealkylation sites (N-methyl/N-ethyl adjacent to an activating group) is 2. The van der Waals surface area contributed by atoms with E-state index in [9.17, 15) is 14.4 Å². The Morgan fingerprint density at radius 2 is 1.96 bits per heavy atom. The lowest BCUT2D eigenvalue weighted by Crippen LogP contribution is -2.43. The lowest BCUT2D eigenvalue weighted by Gasteiger charge is -2.23. The van der Waals surface area contributed by atoms with Crippen molar-refractivity contribution in [1.29, 1.82) is 0 Å². The first-order valence-corrected chi connectivity index (χ1v) is 7.82. The van der Waals surface area contributed by atoms with Crippen LogP contribution >= 0.6 is 0 Å². The van der Waals surface area contributed by atoms with Crippen LogP contribution in [0.4, 0.5) is 5.69 Å². The molecule has 1 saturated heterocycles. The predicted octanol–water partition coefficient (Wildman–Crippen LogP) is 0.942. The fourth-order valence-corrected chi connectivity index (χ4v) is 2.70. The number of nitrogens with zero attached hydrogens (tertiary/aromatic N) is 2. The first-order valence-electron chi connectivity index (χ1n) is 7.82. The number of benzene rings is 1. The Balaban J connectivity index is 2.07. The van der Waals surface area contributed by atoms with Crippen molar-refractivity contribution in [3.05, 3.63) is 29.8 Å². The summed E-state index contributed by atoms with van der Waals surface area (Å²) >= 11 is 0. The van der Waals surface area contributed by atoms with E-state index >= 15 is 0 Å². The van der Waals surface area contributed by atoms with Crippen LogP contribution in [0.3, 0.4) is 0 Å². The highest BCUT2D eigenvalue weighted by Gasteiger charge is 2.37. The minimum absolute atomic E-state index is 0.0288. The van der Waals surface area contributed by atoms with Crippen LogP contribution in [0.1, 0.15) is 18.9 Å². The van der Waals surface area contributed by atoms with Gasteiger partial charge in [0.25, 0.3) is 0 Å².